The Hall–Kier alpha value is 5.80. The molecule has 0 spiro atoms. The van der Waals surface area contributed by atoms with E-state index in [1.165, 1.54) is 0 Å². The number of hydrogen-bond acceptors (Lipinski definition) is 0. The van der Waals surface area contributed by atoms with E-state index in [0.717, 1.165) is 0 Å². The van der Waals surface area contributed by atoms with Crippen molar-refractivity contribution in [3.8, 4) is 0 Å². The molecule has 0 aliphatic heterocycles. The molecule has 0 radical (unpaired) electrons. The van der Waals surface area contributed by atoms with Crippen LogP contribution in [0.1, 0.15) is 0 Å². The van der Waals surface area contributed by atoms with E-state index in [2.05, 4.69) is 0 Å². The normalized spacial score (nSPS) is 0. The van der Waals surface area contributed by atoms with E-state index in [1.54, 1.807) is 0 Å². The van der Waals surface area contributed by atoms with Gasteiger partial charge >= 0.3 is 189 Å². The second-order valence-electron chi connectivity index (χ2n) is 0. The smallest absolute Gasteiger partial charge is 2.00 e. The fourth-order valence-electron chi connectivity index (χ4n) is 0. The summed E-state index contributed by atoms with van der Waals surface area (Å²) < 4.78 is 0. The van der Waals surface area contributed by atoms with Crippen LogP contribution in [0.5, 0.6) is 0 Å². The second-order valence-corrected chi connectivity index (χ2v) is 0. The van der Waals surface area contributed by atoms with Crippen molar-refractivity contribution < 1.29 is 94.0 Å². The Bertz CT molecular complexity index is 24.1. The van der Waals surface area contributed by atoms with Gasteiger partial charge in [-0.2, -0.15) is 0 Å². The molecule has 0 aliphatic rings. The van der Waals surface area contributed by atoms with E-state index >= 15 is 0 Å². The van der Waals surface area contributed by atoms with Gasteiger partial charge in [0.15, 0.2) is 0 Å². The van der Waals surface area contributed by atoms with Crippen LogP contribution in [0.2, 0.25) is 0 Å². The van der Waals surface area contributed by atoms with Crippen molar-refractivity contribution >= 4 is 144 Å². The van der Waals surface area contributed by atoms with Crippen LogP contribution in [0.15, 0.2) is 0 Å². The van der Waals surface area contributed by atoms with E-state index in [9.17, 15) is 0 Å². The van der Waals surface area contributed by atoms with Crippen LogP contribution in [0.25, 0.3) is 0 Å². The summed E-state index contributed by atoms with van der Waals surface area (Å²) in [7, 11) is 0. The fraction of sp³-hybridized carbons (Fsp3) is 0. The van der Waals surface area contributed by atoms with Crippen LogP contribution in [0.3, 0.4) is 0 Å². The zero-order chi connectivity index (χ0) is 0. The Morgan fingerprint density at radius 2 is 0.267 bits per heavy atom. The quantitative estimate of drug-likeness (QED) is 0.228. The van der Waals surface area contributed by atoms with Gasteiger partial charge in [-0.15, -0.1) is 0 Å². The zero-order valence-electron chi connectivity index (χ0n) is 7.40. The monoisotopic (exact) mass is 830 g/mol. The molecule has 9 nitrogen and oxygen atoms in total. The molecule has 0 aromatic rings. The van der Waals surface area contributed by atoms with Gasteiger partial charge in [0.25, 0.3) is 0 Å². The Morgan fingerprint density at radius 1 is 0.267 bits per heavy atom. The van der Waals surface area contributed by atoms with Gasteiger partial charge in [-0.1, -0.05) is 0 Å². The maximum Gasteiger partial charge on any atom is 5.00 e. The first kappa shape index (κ1) is 243. The van der Waals surface area contributed by atoms with Gasteiger partial charge in [0.1, 0.15) is 0 Å². The fourth-order valence-corrected chi connectivity index (χ4v) is 0. The third kappa shape index (κ3) is 187. The van der Waals surface area contributed by atoms with Gasteiger partial charge in [-0.25, -0.2) is 0 Å². The maximum atomic E-state index is 0. The molecule has 0 unspecified atom stereocenters. The van der Waals surface area contributed by atoms with Crippen molar-refractivity contribution in [3.63, 3.8) is 0 Å². The zero-order valence-corrected chi connectivity index (χ0v) is 25.5. The molecular weight excluding hydrogens is 829 g/mol. The molecular formula is Ba2Mg2O9Ta2. The SMILES string of the molecule is [Ba+2].[Ba+2].[Mg+2].[Mg+2].[O-2].[O-2].[O-2].[O-2].[O-2].[O-2].[O-2].[O-2].[O-2].[Ta+5].[Ta+5]. The third-order valence-corrected chi connectivity index (χ3v) is 0. The summed E-state index contributed by atoms with van der Waals surface area (Å²) in [5, 5.41) is 0. The molecule has 0 bridgehead atoms. The van der Waals surface area contributed by atoms with Crippen LogP contribution in [-0.2, 0) is 94.0 Å². The molecule has 0 amide bonds. The minimum atomic E-state index is 0. The van der Waals surface area contributed by atoms with Crippen molar-refractivity contribution in [2.24, 2.45) is 0 Å². The summed E-state index contributed by atoms with van der Waals surface area (Å²) in [5.41, 5.74) is 0. The first-order valence-corrected chi connectivity index (χ1v) is 0. The first-order chi connectivity index (χ1) is 0. The molecule has 0 saturated heterocycles. The molecule has 0 atom stereocenters. The minimum Gasteiger partial charge on any atom is -2.00 e. The Morgan fingerprint density at radius 3 is 0.267 bits per heavy atom. The second kappa shape index (κ2) is 208. The van der Waals surface area contributed by atoms with Crippen LogP contribution < -0.4 is 0 Å². The van der Waals surface area contributed by atoms with Crippen LogP contribution in [0, 0.1) is 0 Å². The van der Waals surface area contributed by atoms with Crippen molar-refractivity contribution in [1.29, 1.82) is 0 Å². The predicted octanol–water partition coefficient (Wildman–Crippen LogP) is -2.60. The van der Waals surface area contributed by atoms with Crippen LogP contribution >= 0.6 is 0 Å². The third-order valence-electron chi connectivity index (χ3n) is 0. The van der Waals surface area contributed by atoms with Gasteiger partial charge < -0.3 is 49.3 Å². The molecule has 15 heavy (non-hydrogen) atoms. The van der Waals surface area contributed by atoms with Gasteiger partial charge in [0, 0.05) is 0 Å². The van der Waals surface area contributed by atoms with Crippen molar-refractivity contribution in [3.05, 3.63) is 0 Å². The minimum absolute atomic E-state index is 0. The van der Waals surface area contributed by atoms with E-state index < -0.39 is 0 Å². The molecule has 0 N–H and O–H groups in total. The van der Waals surface area contributed by atoms with Crippen molar-refractivity contribution in [2.45, 2.75) is 0 Å². The van der Waals surface area contributed by atoms with E-state index in [4.69, 9.17) is 0 Å². The summed E-state index contributed by atoms with van der Waals surface area (Å²) in [6.07, 6.45) is 0. The molecule has 0 saturated carbocycles. The van der Waals surface area contributed by atoms with Gasteiger partial charge in [-0.05, 0) is 0 Å². The predicted molar refractivity (Wildman–Crippen MR) is 29.2 cm³/mol. The molecule has 0 rings (SSSR count). The molecule has 15 heteroatoms. The van der Waals surface area contributed by atoms with Gasteiger partial charge in [-0.3, -0.25) is 0 Å². The molecule has 0 aromatic carbocycles. The van der Waals surface area contributed by atoms with Crippen LogP contribution in [0.4, 0.5) is 0 Å². The molecule has 0 aliphatic carbocycles. The Balaban J connectivity index is 0. The first-order valence-electron chi connectivity index (χ1n) is 0. The maximum absolute atomic E-state index is 0. The van der Waals surface area contributed by atoms with Gasteiger partial charge in [0.05, 0.1) is 0 Å². The summed E-state index contributed by atoms with van der Waals surface area (Å²) in [6.45, 7) is 0. The van der Waals surface area contributed by atoms with Crippen LogP contribution in [-0.4, -0.2) is 144 Å². The van der Waals surface area contributed by atoms with E-state index in [-0.39, 0.29) is 238 Å². The number of hydrogen-bond donors (Lipinski definition) is 0. The van der Waals surface area contributed by atoms with E-state index in [0.29, 0.717) is 0 Å². The summed E-state index contributed by atoms with van der Waals surface area (Å²) in [5.74, 6) is 0. The Labute approximate surface area is 232 Å². The molecule has 0 aromatic heterocycles. The largest absolute Gasteiger partial charge is 5.00 e. The average molecular weight is 829 g/mol. The Kier molecular flexibility index (Phi) is 3370. The summed E-state index contributed by atoms with van der Waals surface area (Å²) in [4.78, 5) is 0. The van der Waals surface area contributed by atoms with Crippen molar-refractivity contribution in [1.82, 2.24) is 0 Å². The summed E-state index contributed by atoms with van der Waals surface area (Å²) in [6, 6.07) is 0. The standard InChI is InChI=1S/2Ba.2Mg.9O.2Ta/q4*+2;9*-2;2*+5. The topological polar surface area (TPSA) is 256 Å². The number of rotatable bonds is 0. The molecule has 72 valence electrons. The van der Waals surface area contributed by atoms with Gasteiger partial charge in [0.2, 0.25) is 0 Å². The molecule has 0 fully saturated rings. The molecule has 0 heterocycles. The summed E-state index contributed by atoms with van der Waals surface area (Å²) >= 11 is 0. The van der Waals surface area contributed by atoms with E-state index in [1.807, 2.05) is 0 Å². The average Bonchev–Trinajstić information content (AvgIpc) is 0. The van der Waals surface area contributed by atoms with Crippen molar-refractivity contribution in [2.75, 3.05) is 0 Å².